The van der Waals surface area contributed by atoms with Gasteiger partial charge in [-0.2, -0.15) is 11.8 Å². The van der Waals surface area contributed by atoms with Crippen LogP contribution in [0.25, 0.3) is 0 Å². The minimum atomic E-state index is -0.881. The maximum absolute atomic E-state index is 12.6. The van der Waals surface area contributed by atoms with E-state index >= 15 is 0 Å². The Kier molecular flexibility index (Phi) is 11.8. The predicted molar refractivity (Wildman–Crippen MR) is 139 cm³/mol. The van der Waals surface area contributed by atoms with Crippen LogP contribution in [0.15, 0.2) is 64.0 Å². The second kappa shape index (κ2) is 14.0. The van der Waals surface area contributed by atoms with Gasteiger partial charge in [0.15, 0.2) is 0 Å². The molecule has 0 aliphatic heterocycles. The Labute approximate surface area is 212 Å². The van der Waals surface area contributed by atoms with Gasteiger partial charge in [-0.25, -0.2) is 0 Å². The molecule has 0 aliphatic rings. The van der Waals surface area contributed by atoms with E-state index in [9.17, 15) is 14.7 Å². The third-order valence-corrected chi connectivity index (χ3v) is 8.41. The van der Waals surface area contributed by atoms with Gasteiger partial charge in [-0.1, -0.05) is 53.2 Å². The second-order valence-corrected chi connectivity index (χ2v) is 11.4. The van der Waals surface area contributed by atoms with E-state index in [1.165, 1.54) is 0 Å². The molecule has 3 atom stereocenters. The molecule has 0 bridgehead atoms. The van der Waals surface area contributed by atoms with Crippen LogP contribution in [-0.4, -0.2) is 34.9 Å². The average Bonchev–Trinajstić information content (AvgIpc) is 2.80. The SMILES string of the molecule is CC(CC(CN)CC(=O)O)(SCc1ccc(Br)cc1)C(CN)CC(=O)OSc1ccccc1. The van der Waals surface area contributed by atoms with Gasteiger partial charge in [-0.05, 0) is 61.2 Å². The maximum Gasteiger partial charge on any atom is 0.318 e. The summed E-state index contributed by atoms with van der Waals surface area (Å²) in [6, 6.07) is 17.4. The Morgan fingerprint density at radius 1 is 1.06 bits per heavy atom. The van der Waals surface area contributed by atoms with Crippen molar-refractivity contribution in [2.24, 2.45) is 23.3 Å². The smallest absolute Gasteiger partial charge is 0.318 e. The van der Waals surface area contributed by atoms with Gasteiger partial charge in [-0.3, -0.25) is 9.59 Å². The number of rotatable bonds is 14. The summed E-state index contributed by atoms with van der Waals surface area (Å²) < 4.78 is 5.96. The average molecular weight is 556 g/mol. The summed E-state index contributed by atoms with van der Waals surface area (Å²) in [5, 5.41) is 9.30. The lowest BCUT2D eigenvalue weighted by Crippen LogP contribution is -2.41. The van der Waals surface area contributed by atoms with E-state index in [0.717, 1.165) is 27.0 Å². The van der Waals surface area contributed by atoms with Gasteiger partial charge >= 0.3 is 11.9 Å². The summed E-state index contributed by atoms with van der Waals surface area (Å²) in [4.78, 5) is 24.8. The van der Waals surface area contributed by atoms with Gasteiger partial charge in [0.1, 0.15) is 0 Å². The Morgan fingerprint density at radius 2 is 1.73 bits per heavy atom. The van der Waals surface area contributed by atoms with Gasteiger partial charge in [0, 0.05) is 26.3 Å². The molecule has 0 saturated heterocycles. The highest BCUT2D eigenvalue weighted by Gasteiger charge is 2.38. The van der Waals surface area contributed by atoms with Crippen LogP contribution < -0.4 is 11.5 Å². The molecule has 0 amide bonds. The van der Waals surface area contributed by atoms with Crippen molar-refractivity contribution in [2.75, 3.05) is 13.1 Å². The minimum absolute atomic E-state index is 0.0173. The van der Waals surface area contributed by atoms with E-state index in [4.69, 9.17) is 15.7 Å². The Balaban J connectivity index is 2.13. The lowest BCUT2D eigenvalue weighted by molar-refractivity contribution is -0.138. The molecule has 0 heterocycles. The first kappa shape index (κ1) is 27.7. The van der Waals surface area contributed by atoms with Gasteiger partial charge in [0.2, 0.25) is 0 Å². The fourth-order valence-corrected chi connectivity index (χ4v) is 5.83. The molecular formula is C24H31BrN2O4S2. The van der Waals surface area contributed by atoms with Gasteiger partial charge < -0.3 is 20.8 Å². The van der Waals surface area contributed by atoms with Gasteiger partial charge in [0.25, 0.3) is 0 Å². The first-order valence-electron chi connectivity index (χ1n) is 10.7. The number of carbonyl (C=O) groups is 2. The molecule has 5 N–H and O–H groups in total. The van der Waals surface area contributed by atoms with E-state index in [1.807, 2.05) is 54.6 Å². The van der Waals surface area contributed by atoms with Crippen LogP contribution >= 0.6 is 39.7 Å². The zero-order valence-corrected chi connectivity index (χ0v) is 21.8. The number of benzene rings is 2. The highest BCUT2D eigenvalue weighted by Crippen LogP contribution is 2.42. The van der Waals surface area contributed by atoms with E-state index < -0.39 is 10.7 Å². The summed E-state index contributed by atoms with van der Waals surface area (Å²) in [5.74, 6) is -0.942. The maximum atomic E-state index is 12.6. The summed E-state index contributed by atoms with van der Waals surface area (Å²) >= 11 is 6.16. The molecule has 2 aromatic rings. The molecule has 0 aliphatic carbocycles. The van der Waals surface area contributed by atoms with E-state index in [0.29, 0.717) is 12.2 Å². The summed E-state index contributed by atoms with van der Waals surface area (Å²) in [5.41, 5.74) is 13.2. The summed E-state index contributed by atoms with van der Waals surface area (Å²) in [7, 11) is 0. The highest BCUT2D eigenvalue weighted by molar-refractivity contribution is 9.10. The van der Waals surface area contributed by atoms with E-state index in [-0.39, 0.29) is 43.7 Å². The molecule has 2 rings (SSSR count). The van der Waals surface area contributed by atoms with E-state index in [1.54, 1.807) is 11.8 Å². The Bertz CT molecular complexity index is 886. The number of hydrogen-bond acceptors (Lipinski definition) is 7. The molecule has 0 aromatic heterocycles. The van der Waals surface area contributed by atoms with Crippen molar-refractivity contribution in [3.8, 4) is 0 Å². The van der Waals surface area contributed by atoms with Crippen molar-refractivity contribution in [1.82, 2.24) is 0 Å². The third kappa shape index (κ3) is 9.70. The number of carboxylic acids is 1. The standard InChI is InChI=1S/C24H31BrN2O4S2/c1-24(13-18(14-26)11-22(28)29,32-16-17-7-9-20(25)10-8-17)19(15-27)12-23(30)31-33-21-5-3-2-4-6-21/h2-10,18-19H,11-16,26-27H2,1H3,(H,28,29). The molecule has 0 radical (unpaired) electrons. The number of hydrogen-bond donors (Lipinski definition) is 3. The quantitative estimate of drug-likeness (QED) is 0.276. The zero-order chi connectivity index (χ0) is 24.3. The molecule has 9 heteroatoms. The second-order valence-electron chi connectivity index (χ2n) is 8.12. The fourth-order valence-electron chi connectivity index (χ4n) is 3.59. The molecule has 0 fully saturated rings. The van der Waals surface area contributed by atoms with E-state index in [2.05, 4.69) is 22.9 Å². The summed E-state index contributed by atoms with van der Waals surface area (Å²) in [6.07, 6.45) is 0.666. The molecule has 0 spiro atoms. The molecular weight excluding hydrogens is 524 g/mol. The van der Waals surface area contributed by atoms with Crippen LogP contribution in [0.5, 0.6) is 0 Å². The third-order valence-electron chi connectivity index (χ3n) is 5.51. The molecule has 6 nitrogen and oxygen atoms in total. The van der Waals surface area contributed by atoms with Crippen molar-refractivity contribution >= 4 is 51.7 Å². The number of carbonyl (C=O) groups excluding carboxylic acids is 1. The van der Waals surface area contributed by atoms with Crippen LogP contribution in [0.3, 0.4) is 0 Å². The van der Waals surface area contributed by atoms with Gasteiger partial charge in [0.05, 0.1) is 18.5 Å². The number of carboxylic acid groups (broad SMARTS) is 1. The molecule has 180 valence electrons. The normalized spacial score (nSPS) is 14.8. The highest BCUT2D eigenvalue weighted by atomic mass is 79.9. The van der Waals surface area contributed by atoms with Crippen LogP contribution in [-0.2, 0) is 19.5 Å². The molecule has 3 unspecified atom stereocenters. The minimum Gasteiger partial charge on any atom is -0.481 e. The van der Waals surface area contributed by atoms with Gasteiger partial charge in [-0.15, -0.1) is 0 Å². The number of aliphatic carboxylic acids is 1. The van der Waals surface area contributed by atoms with Crippen LogP contribution in [0.1, 0.15) is 31.7 Å². The number of halogens is 1. The monoisotopic (exact) mass is 554 g/mol. The van der Waals surface area contributed by atoms with Crippen molar-refractivity contribution < 1.29 is 18.9 Å². The Hall–Kier alpha value is -1.52. The lowest BCUT2D eigenvalue weighted by atomic mass is 9.82. The van der Waals surface area contributed by atoms with Crippen molar-refractivity contribution in [3.05, 3.63) is 64.6 Å². The summed E-state index contributed by atoms with van der Waals surface area (Å²) in [6.45, 7) is 2.59. The van der Waals surface area contributed by atoms with Crippen molar-refractivity contribution in [3.63, 3.8) is 0 Å². The first-order chi connectivity index (χ1) is 15.8. The number of thioether (sulfide) groups is 1. The van der Waals surface area contributed by atoms with Crippen LogP contribution in [0, 0.1) is 11.8 Å². The topological polar surface area (TPSA) is 116 Å². The van der Waals surface area contributed by atoms with Crippen molar-refractivity contribution in [2.45, 2.75) is 41.6 Å². The fraction of sp³-hybridized carbons (Fsp3) is 0.417. The molecule has 2 aromatic carbocycles. The predicted octanol–water partition coefficient (Wildman–Crippen LogP) is 5.10. The first-order valence-corrected chi connectivity index (χ1v) is 13.2. The molecule has 0 saturated carbocycles. The zero-order valence-electron chi connectivity index (χ0n) is 18.6. The Morgan fingerprint density at radius 3 is 2.30 bits per heavy atom. The number of nitrogens with two attached hydrogens (primary N) is 2. The largest absolute Gasteiger partial charge is 0.481 e. The van der Waals surface area contributed by atoms with Crippen LogP contribution in [0.2, 0.25) is 0 Å². The lowest BCUT2D eigenvalue weighted by Gasteiger charge is -2.39. The van der Waals surface area contributed by atoms with Crippen molar-refractivity contribution in [1.29, 1.82) is 0 Å². The van der Waals surface area contributed by atoms with Crippen LogP contribution in [0.4, 0.5) is 0 Å². The molecule has 33 heavy (non-hydrogen) atoms.